The lowest BCUT2D eigenvalue weighted by Crippen LogP contribution is -2.33. The van der Waals surface area contributed by atoms with Crippen LogP contribution in [0.4, 0.5) is 0 Å². The van der Waals surface area contributed by atoms with Gasteiger partial charge in [0.2, 0.25) is 5.91 Å². The maximum atomic E-state index is 11.3. The molecule has 1 saturated heterocycles. The Bertz CT molecular complexity index is 1390. The molecule has 1 amide bonds. The first-order valence-electron chi connectivity index (χ1n) is 13.1. The molecule has 206 valence electrons. The number of carbonyl (C=O) groups is 2. The number of carboxylic acid groups (broad SMARTS) is 1. The Morgan fingerprint density at radius 1 is 1.13 bits per heavy atom. The van der Waals surface area contributed by atoms with E-state index in [9.17, 15) is 9.59 Å². The zero-order valence-electron chi connectivity index (χ0n) is 22.4. The molecule has 0 spiro atoms. The third-order valence-electron chi connectivity index (χ3n) is 8.03. The van der Waals surface area contributed by atoms with Gasteiger partial charge in [0.25, 0.3) is 0 Å². The fourth-order valence-corrected chi connectivity index (χ4v) is 6.02. The quantitative estimate of drug-likeness (QED) is 0.471. The Hall–Kier alpha value is -3.49. The second-order valence-corrected chi connectivity index (χ2v) is 10.6. The summed E-state index contributed by atoms with van der Waals surface area (Å²) in [6.45, 7) is 3.97. The van der Waals surface area contributed by atoms with Crippen LogP contribution in [0.25, 0.3) is 5.69 Å². The van der Waals surface area contributed by atoms with Gasteiger partial charge in [-0.25, -0.2) is 0 Å². The molecule has 8 nitrogen and oxygen atoms in total. The molecular weight excluding hydrogens is 520 g/mol. The van der Waals surface area contributed by atoms with Crippen molar-refractivity contribution in [1.82, 2.24) is 9.47 Å². The van der Waals surface area contributed by atoms with Gasteiger partial charge in [-0.15, -0.1) is 0 Å². The SMILES string of the molecule is CCC(=O)N1CC2CC2(C(=O)O)C1.COc1cccc(C2COCc3cccn3-c3ccc(Cl)cc32)c1OC. The molecule has 2 aliphatic heterocycles. The highest BCUT2D eigenvalue weighted by Crippen LogP contribution is 2.57. The van der Waals surface area contributed by atoms with Crippen LogP contribution in [-0.4, -0.2) is 60.4 Å². The highest BCUT2D eigenvalue weighted by Gasteiger charge is 2.66. The van der Waals surface area contributed by atoms with Gasteiger partial charge in [0.15, 0.2) is 11.5 Å². The average Bonchev–Trinajstić information content (AvgIpc) is 3.25. The number of likely N-dealkylation sites (tertiary alicyclic amines) is 1. The largest absolute Gasteiger partial charge is 0.493 e. The molecule has 1 aliphatic carbocycles. The number of carboxylic acids is 1. The molecule has 0 radical (unpaired) electrons. The maximum absolute atomic E-state index is 11.3. The fraction of sp³-hybridized carbons (Fsp3) is 0.400. The van der Waals surface area contributed by atoms with E-state index in [-0.39, 0.29) is 17.7 Å². The molecule has 3 heterocycles. The third kappa shape index (κ3) is 4.99. The van der Waals surface area contributed by atoms with Crippen molar-refractivity contribution in [2.45, 2.75) is 32.3 Å². The molecule has 1 aromatic heterocycles. The number of para-hydroxylation sites is 1. The van der Waals surface area contributed by atoms with Crippen LogP contribution in [0.3, 0.4) is 0 Å². The summed E-state index contributed by atoms with van der Waals surface area (Å²) in [5.74, 6) is 0.974. The molecule has 9 heteroatoms. The number of ether oxygens (including phenoxy) is 3. The third-order valence-corrected chi connectivity index (χ3v) is 8.26. The number of nitrogens with zero attached hydrogens (tertiary/aromatic N) is 2. The molecule has 2 fully saturated rings. The van der Waals surface area contributed by atoms with Gasteiger partial charge in [-0.3, -0.25) is 9.59 Å². The van der Waals surface area contributed by atoms with Crippen molar-refractivity contribution < 1.29 is 28.9 Å². The summed E-state index contributed by atoms with van der Waals surface area (Å²) in [5, 5.41) is 9.65. The predicted octanol–water partition coefficient (Wildman–Crippen LogP) is 5.14. The van der Waals surface area contributed by atoms with Gasteiger partial charge < -0.3 is 28.8 Å². The van der Waals surface area contributed by atoms with Gasteiger partial charge in [0.05, 0.1) is 32.8 Å². The number of halogens is 1. The monoisotopic (exact) mass is 552 g/mol. The normalized spacial score (nSPS) is 22.7. The topological polar surface area (TPSA) is 90.2 Å². The lowest BCUT2D eigenvalue weighted by atomic mass is 9.89. The van der Waals surface area contributed by atoms with Crippen molar-refractivity contribution in [1.29, 1.82) is 0 Å². The summed E-state index contributed by atoms with van der Waals surface area (Å²) in [7, 11) is 3.31. The summed E-state index contributed by atoms with van der Waals surface area (Å²) < 4.78 is 19.3. The smallest absolute Gasteiger partial charge is 0.311 e. The first-order chi connectivity index (χ1) is 18.8. The van der Waals surface area contributed by atoms with Crippen molar-refractivity contribution in [3.8, 4) is 17.2 Å². The molecule has 39 heavy (non-hydrogen) atoms. The van der Waals surface area contributed by atoms with E-state index in [4.69, 9.17) is 30.9 Å². The molecule has 6 rings (SSSR count). The molecule has 1 saturated carbocycles. The molecular formula is C30H33ClN2O6. The Balaban J connectivity index is 0.000000198. The molecule has 3 aliphatic rings. The molecule has 1 N–H and O–H groups in total. The second kappa shape index (κ2) is 10.9. The van der Waals surface area contributed by atoms with Gasteiger partial charge in [-0.05, 0) is 54.3 Å². The summed E-state index contributed by atoms with van der Waals surface area (Å²) >= 11 is 6.35. The molecule has 3 unspecified atom stereocenters. The van der Waals surface area contributed by atoms with E-state index in [1.54, 1.807) is 26.0 Å². The summed E-state index contributed by atoms with van der Waals surface area (Å²) in [6, 6.07) is 16.0. The van der Waals surface area contributed by atoms with Crippen molar-refractivity contribution in [3.63, 3.8) is 0 Å². The molecule has 3 atom stereocenters. The summed E-state index contributed by atoms with van der Waals surface area (Å²) in [4.78, 5) is 23.8. The number of rotatable bonds is 5. The molecule has 3 aromatic rings. The number of aromatic nitrogens is 1. The van der Waals surface area contributed by atoms with Gasteiger partial charge in [-0.2, -0.15) is 0 Å². The van der Waals surface area contributed by atoms with Crippen LogP contribution in [0, 0.1) is 11.3 Å². The number of fused-ring (bicyclic) bond motifs is 4. The van der Waals surface area contributed by atoms with Gasteiger partial charge in [0, 0.05) is 53.6 Å². The van der Waals surface area contributed by atoms with Crippen LogP contribution in [0.5, 0.6) is 11.5 Å². The van der Waals surface area contributed by atoms with E-state index >= 15 is 0 Å². The fourth-order valence-electron chi connectivity index (χ4n) is 5.84. The zero-order valence-corrected chi connectivity index (χ0v) is 23.1. The van der Waals surface area contributed by atoms with Crippen LogP contribution in [0.1, 0.15) is 42.5 Å². The number of hydrogen-bond acceptors (Lipinski definition) is 5. The second-order valence-electron chi connectivity index (χ2n) is 10.2. The van der Waals surface area contributed by atoms with E-state index in [1.165, 1.54) is 0 Å². The van der Waals surface area contributed by atoms with Crippen LogP contribution in [0.2, 0.25) is 5.02 Å². The first kappa shape index (κ1) is 27.1. The van der Waals surface area contributed by atoms with Gasteiger partial charge in [-0.1, -0.05) is 30.7 Å². The minimum absolute atomic E-state index is 0.0238. The maximum Gasteiger partial charge on any atom is 0.311 e. The summed E-state index contributed by atoms with van der Waals surface area (Å²) in [5.41, 5.74) is 3.77. The number of amides is 1. The lowest BCUT2D eigenvalue weighted by Gasteiger charge is -2.27. The van der Waals surface area contributed by atoms with Crippen molar-refractivity contribution in [3.05, 3.63) is 76.6 Å². The van der Waals surface area contributed by atoms with Gasteiger partial charge in [0.1, 0.15) is 0 Å². The van der Waals surface area contributed by atoms with Crippen LogP contribution >= 0.6 is 11.6 Å². The Morgan fingerprint density at radius 3 is 2.64 bits per heavy atom. The van der Waals surface area contributed by atoms with E-state index in [0.29, 0.717) is 43.5 Å². The summed E-state index contributed by atoms with van der Waals surface area (Å²) in [6.07, 6.45) is 3.29. The van der Waals surface area contributed by atoms with E-state index in [1.807, 2.05) is 30.3 Å². The molecule has 0 bridgehead atoms. The highest BCUT2D eigenvalue weighted by molar-refractivity contribution is 6.30. The Kier molecular flexibility index (Phi) is 7.60. The Morgan fingerprint density at radius 2 is 1.95 bits per heavy atom. The number of piperidine rings is 1. The number of carbonyl (C=O) groups excluding carboxylic acids is 1. The van der Waals surface area contributed by atoms with Crippen molar-refractivity contribution in [2.24, 2.45) is 11.3 Å². The highest BCUT2D eigenvalue weighted by atomic mass is 35.5. The number of benzene rings is 2. The average molecular weight is 553 g/mol. The lowest BCUT2D eigenvalue weighted by molar-refractivity contribution is -0.144. The Labute approximate surface area is 233 Å². The zero-order chi connectivity index (χ0) is 27.7. The number of aliphatic carboxylic acids is 1. The minimum Gasteiger partial charge on any atom is -0.493 e. The van der Waals surface area contributed by atoms with E-state index in [2.05, 4.69) is 29.0 Å². The van der Waals surface area contributed by atoms with Crippen molar-refractivity contribution >= 4 is 23.5 Å². The van der Waals surface area contributed by atoms with Crippen LogP contribution in [-0.2, 0) is 20.9 Å². The standard InChI is InChI=1S/C21H20ClNO3.C9H13NO3/c1-24-20-7-3-6-16(21(20)25-2)18-13-26-12-15-5-4-10-23(15)19-9-8-14(22)11-17(18)19;1-2-7(11)10-4-6-3-9(6,5-10)8(12)13/h3-11,18H,12-13H2,1-2H3;6H,2-5H2,1H3,(H,12,13). The molecule has 2 aromatic carbocycles. The van der Waals surface area contributed by atoms with E-state index < -0.39 is 11.4 Å². The number of methoxy groups -OCH3 is 2. The minimum atomic E-state index is -0.732. The number of hydrogen-bond donors (Lipinski definition) is 1. The van der Waals surface area contributed by atoms with Crippen LogP contribution < -0.4 is 9.47 Å². The van der Waals surface area contributed by atoms with Crippen molar-refractivity contribution in [2.75, 3.05) is 33.9 Å². The van der Waals surface area contributed by atoms with Crippen LogP contribution in [0.15, 0.2) is 54.7 Å². The van der Waals surface area contributed by atoms with E-state index in [0.717, 1.165) is 34.7 Å². The van der Waals surface area contributed by atoms with Gasteiger partial charge >= 0.3 is 5.97 Å². The predicted molar refractivity (Wildman–Crippen MR) is 147 cm³/mol. The first-order valence-corrected chi connectivity index (χ1v) is 13.5.